The molecule has 1 fully saturated rings. The number of ketones is 1. The number of phenols is 1. The van der Waals surface area contributed by atoms with Crippen LogP contribution in [0.25, 0.3) is 6.08 Å². The van der Waals surface area contributed by atoms with Gasteiger partial charge < -0.3 is 19.3 Å². The maximum atomic E-state index is 12.2. The lowest BCUT2D eigenvalue weighted by molar-refractivity contribution is -0.105. The van der Waals surface area contributed by atoms with Gasteiger partial charge in [0.15, 0.2) is 12.1 Å². The minimum absolute atomic E-state index is 0.102. The van der Waals surface area contributed by atoms with Crippen molar-refractivity contribution in [3.05, 3.63) is 59.7 Å². The predicted octanol–water partition coefficient (Wildman–Crippen LogP) is 4.20. The highest BCUT2D eigenvalue weighted by Crippen LogP contribution is 2.24. The van der Waals surface area contributed by atoms with E-state index in [4.69, 9.17) is 14.2 Å². The van der Waals surface area contributed by atoms with Crippen molar-refractivity contribution in [3.8, 4) is 17.2 Å². The first-order valence-corrected chi connectivity index (χ1v) is 8.63. The van der Waals surface area contributed by atoms with Crippen LogP contribution in [0, 0.1) is 0 Å². The van der Waals surface area contributed by atoms with Gasteiger partial charge in [-0.05, 0) is 48.7 Å². The SMILES string of the molecule is COc1ccc(C(=O)C=Cc2ccc(OC3CCCCO3)cc2)c(O)c1. The van der Waals surface area contributed by atoms with Gasteiger partial charge >= 0.3 is 0 Å². The molecule has 3 rings (SSSR count). The average Bonchev–Trinajstić information content (AvgIpc) is 2.68. The lowest BCUT2D eigenvalue weighted by Gasteiger charge is -2.23. The Kier molecular flexibility index (Phi) is 5.92. The lowest BCUT2D eigenvalue weighted by Crippen LogP contribution is -2.24. The topological polar surface area (TPSA) is 65.0 Å². The highest BCUT2D eigenvalue weighted by Gasteiger charge is 2.15. The van der Waals surface area contributed by atoms with Gasteiger partial charge in [-0.3, -0.25) is 4.79 Å². The monoisotopic (exact) mass is 354 g/mol. The molecule has 0 aliphatic carbocycles. The molecule has 1 heterocycles. The molecular formula is C21H22O5. The van der Waals surface area contributed by atoms with Gasteiger partial charge in [0.2, 0.25) is 0 Å². The smallest absolute Gasteiger partial charge is 0.199 e. The summed E-state index contributed by atoms with van der Waals surface area (Å²) in [6, 6.07) is 12.0. The number of allylic oxidation sites excluding steroid dienone is 1. The number of rotatable bonds is 6. The van der Waals surface area contributed by atoms with Crippen LogP contribution in [0.3, 0.4) is 0 Å². The second-order valence-corrected chi connectivity index (χ2v) is 6.06. The Bertz CT molecular complexity index is 773. The second kappa shape index (κ2) is 8.54. The van der Waals surface area contributed by atoms with Crippen molar-refractivity contribution in [1.29, 1.82) is 0 Å². The lowest BCUT2D eigenvalue weighted by atomic mass is 10.1. The zero-order valence-corrected chi connectivity index (χ0v) is 14.7. The van der Waals surface area contributed by atoms with Crippen LogP contribution in [0.5, 0.6) is 17.2 Å². The highest BCUT2D eigenvalue weighted by molar-refractivity contribution is 6.08. The average molecular weight is 354 g/mol. The zero-order chi connectivity index (χ0) is 18.4. The fourth-order valence-corrected chi connectivity index (χ4v) is 2.72. The normalized spacial score (nSPS) is 17.2. The molecule has 0 aromatic heterocycles. The van der Waals surface area contributed by atoms with E-state index < -0.39 is 0 Å². The molecule has 5 nitrogen and oxygen atoms in total. The molecule has 1 unspecified atom stereocenters. The Morgan fingerprint density at radius 1 is 1.15 bits per heavy atom. The van der Waals surface area contributed by atoms with Gasteiger partial charge in [-0.1, -0.05) is 18.2 Å². The summed E-state index contributed by atoms with van der Waals surface area (Å²) in [5.74, 6) is 0.866. The van der Waals surface area contributed by atoms with Gasteiger partial charge in [0.1, 0.15) is 17.2 Å². The molecule has 1 saturated heterocycles. The summed E-state index contributed by atoms with van der Waals surface area (Å²) < 4.78 is 16.4. The molecule has 0 bridgehead atoms. The largest absolute Gasteiger partial charge is 0.507 e. The Hall–Kier alpha value is -2.79. The molecule has 0 saturated carbocycles. The minimum atomic E-state index is -0.277. The zero-order valence-electron chi connectivity index (χ0n) is 14.7. The third-order valence-corrected chi connectivity index (χ3v) is 4.18. The van der Waals surface area contributed by atoms with Crippen LogP contribution in [0.1, 0.15) is 35.2 Å². The van der Waals surface area contributed by atoms with E-state index in [1.165, 1.54) is 19.3 Å². The van der Waals surface area contributed by atoms with Crippen LogP contribution >= 0.6 is 0 Å². The fourth-order valence-electron chi connectivity index (χ4n) is 2.72. The minimum Gasteiger partial charge on any atom is -0.507 e. The molecule has 5 heteroatoms. The molecule has 0 amide bonds. The van der Waals surface area contributed by atoms with Crippen molar-refractivity contribution >= 4 is 11.9 Å². The van der Waals surface area contributed by atoms with E-state index in [0.29, 0.717) is 5.75 Å². The first-order valence-electron chi connectivity index (χ1n) is 8.63. The Balaban J connectivity index is 1.61. The summed E-state index contributed by atoms with van der Waals surface area (Å²) in [5.41, 5.74) is 1.10. The van der Waals surface area contributed by atoms with Crippen LogP contribution in [-0.4, -0.2) is 30.9 Å². The number of hydrogen-bond acceptors (Lipinski definition) is 5. The number of phenolic OH excluding ortho intramolecular Hbond substituents is 1. The summed E-state index contributed by atoms with van der Waals surface area (Å²) in [6.45, 7) is 0.742. The molecule has 1 N–H and O–H groups in total. The number of hydrogen-bond donors (Lipinski definition) is 1. The van der Waals surface area contributed by atoms with Gasteiger partial charge in [-0.15, -0.1) is 0 Å². The molecule has 0 spiro atoms. The van der Waals surface area contributed by atoms with Crippen molar-refractivity contribution in [2.75, 3.05) is 13.7 Å². The third kappa shape index (κ3) is 4.64. The van der Waals surface area contributed by atoms with E-state index >= 15 is 0 Å². The molecule has 26 heavy (non-hydrogen) atoms. The quantitative estimate of drug-likeness (QED) is 0.622. The standard InChI is InChI=1S/C21H22O5/c1-24-17-10-11-18(20(23)14-17)19(22)12-7-15-5-8-16(9-6-15)26-21-4-2-3-13-25-21/h5-12,14,21,23H,2-4,13H2,1H3. The Labute approximate surface area is 152 Å². The van der Waals surface area contributed by atoms with Gasteiger partial charge in [-0.2, -0.15) is 0 Å². The van der Waals surface area contributed by atoms with Crippen LogP contribution in [0.4, 0.5) is 0 Å². The van der Waals surface area contributed by atoms with Crippen molar-refractivity contribution in [1.82, 2.24) is 0 Å². The molecule has 1 aliphatic rings. The number of ether oxygens (including phenoxy) is 3. The van der Waals surface area contributed by atoms with Gasteiger partial charge in [0.05, 0.1) is 19.3 Å². The maximum Gasteiger partial charge on any atom is 0.199 e. The van der Waals surface area contributed by atoms with E-state index in [-0.39, 0.29) is 23.4 Å². The maximum absolute atomic E-state index is 12.2. The van der Waals surface area contributed by atoms with Crippen LogP contribution in [-0.2, 0) is 4.74 Å². The second-order valence-electron chi connectivity index (χ2n) is 6.06. The van der Waals surface area contributed by atoms with Crippen LogP contribution in [0.15, 0.2) is 48.5 Å². The van der Waals surface area contributed by atoms with Crippen molar-refractivity contribution in [3.63, 3.8) is 0 Å². The molecular weight excluding hydrogens is 332 g/mol. The molecule has 1 aliphatic heterocycles. The number of aromatic hydroxyl groups is 1. The van der Waals surface area contributed by atoms with Crippen molar-refractivity contribution < 1.29 is 24.1 Å². The van der Waals surface area contributed by atoms with E-state index in [0.717, 1.165) is 37.2 Å². The van der Waals surface area contributed by atoms with Crippen molar-refractivity contribution in [2.24, 2.45) is 0 Å². The number of carbonyl (C=O) groups is 1. The summed E-state index contributed by atoms with van der Waals surface area (Å²) in [6.07, 6.45) is 6.06. The highest BCUT2D eigenvalue weighted by atomic mass is 16.7. The number of benzene rings is 2. The predicted molar refractivity (Wildman–Crippen MR) is 98.7 cm³/mol. The summed E-state index contributed by atoms with van der Waals surface area (Å²) in [7, 11) is 1.50. The Morgan fingerprint density at radius 3 is 2.58 bits per heavy atom. The van der Waals surface area contributed by atoms with E-state index in [2.05, 4.69) is 0 Å². The summed E-state index contributed by atoms with van der Waals surface area (Å²) >= 11 is 0. The molecule has 136 valence electrons. The first-order chi connectivity index (χ1) is 12.7. The number of carbonyl (C=O) groups excluding carboxylic acids is 1. The molecule has 2 aromatic rings. The van der Waals surface area contributed by atoms with E-state index in [9.17, 15) is 9.90 Å². The van der Waals surface area contributed by atoms with Gasteiger partial charge in [0, 0.05) is 12.5 Å². The molecule has 2 aromatic carbocycles. The number of methoxy groups -OCH3 is 1. The van der Waals surface area contributed by atoms with Crippen molar-refractivity contribution in [2.45, 2.75) is 25.6 Å². The Morgan fingerprint density at radius 2 is 1.92 bits per heavy atom. The van der Waals surface area contributed by atoms with Gasteiger partial charge in [0.25, 0.3) is 0 Å². The van der Waals surface area contributed by atoms with E-state index in [1.807, 2.05) is 24.3 Å². The van der Waals surface area contributed by atoms with Crippen LogP contribution < -0.4 is 9.47 Å². The van der Waals surface area contributed by atoms with Crippen LogP contribution in [0.2, 0.25) is 0 Å². The van der Waals surface area contributed by atoms with Gasteiger partial charge in [-0.25, -0.2) is 0 Å². The molecule has 1 atom stereocenters. The third-order valence-electron chi connectivity index (χ3n) is 4.18. The summed E-state index contributed by atoms with van der Waals surface area (Å²) in [5, 5.41) is 9.92. The summed E-state index contributed by atoms with van der Waals surface area (Å²) in [4.78, 5) is 12.2. The first kappa shape index (κ1) is 18.0. The van der Waals surface area contributed by atoms with E-state index in [1.54, 1.807) is 18.2 Å². The molecule has 0 radical (unpaired) electrons. The fraction of sp³-hybridized carbons (Fsp3) is 0.286.